The molecule has 0 atom stereocenters. The first-order chi connectivity index (χ1) is 14.3. The third-order valence-electron chi connectivity index (χ3n) is 4.73. The van der Waals surface area contributed by atoms with Crippen molar-refractivity contribution in [1.82, 2.24) is 19.0 Å². The number of rotatable bonds is 8. The van der Waals surface area contributed by atoms with E-state index in [-0.39, 0.29) is 16.4 Å². The molecular weight excluding hydrogens is 424 g/mol. The molecule has 3 aromatic rings. The molecule has 160 valence electrons. The van der Waals surface area contributed by atoms with Gasteiger partial charge in [0.05, 0.1) is 4.90 Å². The third kappa shape index (κ3) is 4.45. The maximum absolute atomic E-state index is 12.5. The van der Waals surface area contributed by atoms with Crippen LogP contribution in [0.1, 0.15) is 35.6 Å². The summed E-state index contributed by atoms with van der Waals surface area (Å²) >= 11 is 1.39. The normalized spacial score (nSPS) is 11.9. The fourth-order valence-electron chi connectivity index (χ4n) is 3.16. The van der Waals surface area contributed by atoms with Crippen molar-refractivity contribution in [3.63, 3.8) is 0 Å². The largest absolute Gasteiger partial charge is 0.352 e. The summed E-state index contributed by atoms with van der Waals surface area (Å²) in [6.07, 6.45) is 0.477. The Kier molecular flexibility index (Phi) is 6.69. The molecule has 8 nitrogen and oxygen atoms in total. The smallest absolute Gasteiger partial charge is 0.258 e. The maximum Gasteiger partial charge on any atom is 0.258 e. The van der Waals surface area contributed by atoms with Crippen LogP contribution in [0.15, 0.2) is 45.4 Å². The number of nitrogens with zero attached hydrogens (tertiary/aromatic N) is 3. The number of benzene rings is 1. The molecule has 30 heavy (non-hydrogen) atoms. The second-order valence-electron chi connectivity index (χ2n) is 6.70. The first kappa shape index (κ1) is 22.1. The Balaban J connectivity index is 1.65. The quantitative estimate of drug-likeness (QED) is 0.569. The van der Waals surface area contributed by atoms with Gasteiger partial charge >= 0.3 is 0 Å². The molecular formula is C20H24N4O4S2. The highest BCUT2D eigenvalue weighted by atomic mass is 32.2. The molecule has 2 aromatic heterocycles. The number of nitrogens with one attached hydrogen (secondary N) is 1. The van der Waals surface area contributed by atoms with Gasteiger partial charge in [0, 0.05) is 54.5 Å². The lowest BCUT2D eigenvalue weighted by Crippen LogP contribution is -2.30. The van der Waals surface area contributed by atoms with Crippen molar-refractivity contribution < 1.29 is 13.2 Å². The fourth-order valence-corrected chi connectivity index (χ4v) is 5.59. The van der Waals surface area contributed by atoms with Crippen molar-refractivity contribution in [2.45, 2.75) is 32.1 Å². The Hall–Kier alpha value is -2.56. The fraction of sp³-hybridized carbons (Fsp3) is 0.350. The zero-order chi connectivity index (χ0) is 21.9. The molecule has 0 aliphatic carbocycles. The van der Waals surface area contributed by atoms with Gasteiger partial charge in [0.25, 0.3) is 11.5 Å². The number of sulfonamides is 1. The summed E-state index contributed by atoms with van der Waals surface area (Å²) < 4.78 is 28.0. The van der Waals surface area contributed by atoms with E-state index in [4.69, 9.17) is 0 Å². The number of amides is 1. The Labute approximate surface area is 179 Å². The van der Waals surface area contributed by atoms with Gasteiger partial charge < -0.3 is 5.32 Å². The van der Waals surface area contributed by atoms with Crippen LogP contribution in [0, 0.1) is 6.92 Å². The average molecular weight is 449 g/mol. The van der Waals surface area contributed by atoms with Gasteiger partial charge in [-0.2, -0.15) is 4.31 Å². The summed E-state index contributed by atoms with van der Waals surface area (Å²) in [5.41, 5.74) is 1.70. The summed E-state index contributed by atoms with van der Waals surface area (Å²) in [5, 5.41) is 4.67. The van der Waals surface area contributed by atoms with Crippen molar-refractivity contribution in [3.05, 3.63) is 63.0 Å². The van der Waals surface area contributed by atoms with E-state index in [1.165, 1.54) is 46.0 Å². The van der Waals surface area contributed by atoms with Crippen LogP contribution in [0.25, 0.3) is 4.96 Å². The standard InChI is InChI=1S/C20H24N4O4S2/c1-4-23(5-2)30(27,28)17-8-6-15(7-9-17)19(26)21-11-10-16-13-29-20-22-14(3)12-18(25)24(16)20/h6-9,12-13H,4-5,10-11H2,1-3H3,(H,21,26). The van der Waals surface area contributed by atoms with Crippen molar-refractivity contribution >= 4 is 32.2 Å². The van der Waals surface area contributed by atoms with E-state index in [1.54, 1.807) is 25.2 Å². The molecule has 1 amide bonds. The van der Waals surface area contributed by atoms with Gasteiger partial charge in [-0.3, -0.25) is 14.0 Å². The Morgan fingerprint density at radius 3 is 2.50 bits per heavy atom. The van der Waals surface area contributed by atoms with Gasteiger partial charge in [0.15, 0.2) is 4.96 Å². The van der Waals surface area contributed by atoms with Crippen molar-refractivity contribution in [1.29, 1.82) is 0 Å². The second kappa shape index (κ2) is 9.07. The number of hydrogen-bond donors (Lipinski definition) is 1. The molecule has 1 N–H and O–H groups in total. The molecule has 0 saturated carbocycles. The van der Waals surface area contributed by atoms with Gasteiger partial charge in [0.1, 0.15) is 0 Å². The van der Waals surface area contributed by atoms with Gasteiger partial charge in [-0.1, -0.05) is 13.8 Å². The van der Waals surface area contributed by atoms with Crippen LogP contribution < -0.4 is 10.9 Å². The lowest BCUT2D eigenvalue weighted by atomic mass is 10.2. The summed E-state index contributed by atoms with van der Waals surface area (Å²) in [7, 11) is -3.55. The van der Waals surface area contributed by atoms with E-state index < -0.39 is 10.0 Å². The molecule has 0 radical (unpaired) electrons. The number of aryl methyl sites for hydroxylation is 1. The molecule has 0 fully saturated rings. The molecule has 3 rings (SSSR count). The average Bonchev–Trinajstić information content (AvgIpc) is 3.11. The first-order valence-electron chi connectivity index (χ1n) is 9.63. The SMILES string of the molecule is CCN(CC)S(=O)(=O)c1ccc(C(=O)NCCc2csc3nc(C)cc(=O)n23)cc1. The van der Waals surface area contributed by atoms with Crippen LogP contribution in [-0.4, -0.2) is 47.6 Å². The highest BCUT2D eigenvalue weighted by Gasteiger charge is 2.21. The molecule has 0 saturated heterocycles. The third-order valence-corrected chi connectivity index (χ3v) is 7.67. The summed E-state index contributed by atoms with van der Waals surface area (Å²) in [5.74, 6) is -0.303. The predicted molar refractivity (Wildman–Crippen MR) is 117 cm³/mol. The number of hydrogen-bond acceptors (Lipinski definition) is 6. The van der Waals surface area contributed by atoms with Crippen LogP contribution >= 0.6 is 11.3 Å². The van der Waals surface area contributed by atoms with E-state index in [1.807, 2.05) is 5.38 Å². The molecule has 10 heteroatoms. The molecule has 2 heterocycles. The van der Waals surface area contributed by atoms with E-state index in [0.29, 0.717) is 42.3 Å². The van der Waals surface area contributed by atoms with Crippen LogP contribution in [0.4, 0.5) is 0 Å². The topological polar surface area (TPSA) is 101 Å². The van der Waals surface area contributed by atoms with Crippen molar-refractivity contribution in [3.8, 4) is 0 Å². The zero-order valence-electron chi connectivity index (χ0n) is 17.1. The Bertz CT molecular complexity index is 1210. The van der Waals surface area contributed by atoms with Crippen LogP contribution in [0.2, 0.25) is 0 Å². The molecule has 0 bridgehead atoms. The van der Waals surface area contributed by atoms with Gasteiger partial charge in [0.2, 0.25) is 10.0 Å². The lowest BCUT2D eigenvalue weighted by Gasteiger charge is -2.18. The summed E-state index contributed by atoms with van der Waals surface area (Å²) in [4.78, 5) is 29.7. The second-order valence-corrected chi connectivity index (χ2v) is 9.47. The molecule has 0 spiro atoms. The highest BCUT2D eigenvalue weighted by molar-refractivity contribution is 7.89. The number of carbonyl (C=O) groups is 1. The van der Waals surface area contributed by atoms with Gasteiger partial charge in [-0.15, -0.1) is 11.3 Å². The summed E-state index contributed by atoms with van der Waals surface area (Å²) in [6, 6.07) is 7.38. The highest BCUT2D eigenvalue weighted by Crippen LogP contribution is 2.16. The lowest BCUT2D eigenvalue weighted by molar-refractivity contribution is 0.0954. The number of carbonyl (C=O) groups excluding carboxylic acids is 1. The molecule has 1 aromatic carbocycles. The van der Waals surface area contributed by atoms with Gasteiger partial charge in [-0.05, 0) is 31.2 Å². The maximum atomic E-state index is 12.5. The summed E-state index contributed by atoms with van der Waals surface area (Å²) in [6.45, 7) is 6.45. The van der Waals surface area contributed by atoms with E-state index >= 15 is 0 Å². The molecule has 0 aliphatic heterocycles. The monoisotopic (exact) mass is 448 g/mol. The minimum absolute atomic E-state index is 0.134. The van der Waals surface area contributed by atoms with E-state index in [2.05, 4.69) is 10.3 Å². The number of fused-ring (bicyclic) bond motifs is 1. The van der Waals surface area contributed by atoms with Crippen LogP contribution in [0.3, 0.4) is 0 Å². The number of aromatic nitrogens is 2. The van der Waals surface area contributed by atoms with Gasteiger partial charge in [-0.25, -0.2) is 13.4 Å². The Morgan fingerprint density at radius 1 is 1.20 bits per heavy atom. The molecule has 0 unspecified atom stereocenters. The molecule has 0 aliphatic rings. The predicted octanol–water partition coefficient (Wildman–Crippen LogP) is 2.07. The van der Waals surface area contributed by atoms with Crippen LogP contribution in [0.5, 0.6) is 0 Å². The minimum atomic E-state index is -3.55. The Morgan fingerprint density at radius 2 is 1.87 bits per heavy atom. The minimum Gasteiger partial charge on any atom is -0.352 e. The van der Waals surface area contributed by atoms with E-state index in [0.717, 1.165) is 5.69 Å². The first-order valence-corrected chi connectivity index (χ1v) is 11.9. The van der Waals surface area contributed by atoms with Crippen LogP contribution in [-0.2, 0) is 16.4 Å². The zero-order valence-corrected chi connectivity index (χ0v) is 18.7. The van der Waals surface area contributed by atoms with E-state index in [9.17, 15) is 18.0 Å². The number of thiazole rings is 1. The van der Waals surface area contributed by atoms with Crippen molar-refractivity contribution in [2.75, 3.05) is 19.6 Å². The van der Waals surface area contributed by atoms with Crippen molar-refractivity contribution in [2.24, 2.45) is 0 Å².